The van der Waals surface area contributed by atoms with Crippen LogP contribution in [-0.4, -0.2) is 4.99 Å². The van der Waals surface area contributed by atoms with Crippen LogP contribution in [0.25, 0.3) is 0 Å². The fraction of sp³-hybridized carbons (Fsp3) is 0.364. The molecule has 4 heteroatoms. The number of halogens is 2. The molecule has 0 aliphatic carbocycles. The number of hydrogen-bond acceptors (Lipinski definition) is 1. The first-order chi connectivity index (χ1) is 7.00. The van der Waals surface area contributed by atoms with Gasteiger partial charge < -0.3 is 5.73 Å². The minimum Gasteiger partial charge on any atom is -0.393 e. The second-order valence-corrected chi connectivity index (χ2v) is 4.20. The smallest absolute Gasteiger partial charge is 0.129 e. The highest BCUT2D eigenvalue weighted by Crippen LogP contribution is 2.18. The van der Waals surface area contributed by atoms with Gasteiger partial charge in [0, 0.05) is 12.0 Å². The number of nitrogens with two attached hydrogens (primary N) is 1. The van der Waals surface area contributed by atoms with Crippen molar-refractivity contribution in [2.45, 2.75) is 19.8 Å². The molecule has 0 fully saturated rings. The summed E-state index contributed by atoms with van der Waals surface area (Å²) in [5.41, 5.74) is 5.48. The Morgan fingerprint density at radius 2 is 1.93 bits per heavy atom. The fourth-order valence-corrected chi connectivity index (χ4v) is 1.78. The lowest BCUT2D eigenvalue weighted by molar-refractivity contribution is 0.515. The van der Waals surface area contributed by atoms with Crippen LogP contribution in [0, 0.1) is 17.6 Å². The van der Waals surface area contributed by atoms with Crippen molar-refractivity contribution in [2.75, 3.05) is 0 Å². The van der Waals surface area contributed by atoms with Crippen molar-refractivity contribution >= 4 is 17.2 Å². The molecular weight excluding hydrogens is 216 g/mol. The molecule has 0 aromatic heterocycles. The topological polar surface area (TPSA) is 26.0 Å². The molecule has 0 bridgehead atoms. The van der Waals surface area contributed by atoms with E-state index in [-0.39, 0.29) is 11.5 Å². The number of thiocarbonyl (C=S) groups is 1. The van der Waals surface area contributed by atoms with E-state index >= 15 is 0 Å². The third kappa shape index (κ3) is 3.55. The zero-order valence-corrected chi connectivity index (χ0v) is 9.28. The largest absolute Gasteiger partial charge is 0.393 e. The molecule has 0 radical (unpaired) electrons. The van der Waals surface area contributed by atoms with E-state index in [0.29, 0.717) is 17.8 Å². The van der Waals surface area contributed by atoms with Crippen LogP contribution in [0.1, 0.15) is 18.9 Å². The summed E-state index contributed by atoms with van der Waals surface area (Å²) < 4.78 is 26.5. The van der Waals surface area contributed by atoms with Gasteiger partial charge in [-0.05, 0) is 24.5 Å². The number of benzene rings is 1. The first-order valence-corrected chi connectivity index (χ1v) is 5.12. The fourth-order valence-electron chi connectivity index (χ4n) is 1.49. The van der Waals surface area contributed by atoms with E-state index in [1.54, 1.807) is 0 Å². The summed E-state index contributed by atoms with van der Waals surface area (Å²) in [6.07, 6.45) is 0.818. The Kier molecular flexibility index (Phi) is 4.15. The first-order valence-electron chi connectivity index (χ1n) is 4.72. The Morgan fingerprint density at radius 1 is 1.40 bits per heavy atom. The highest BCUT2D eigenvalue weighted by Gasteiger charge is 2.12. The third-order valence-electron chi connectivity index (χ3n) is 2.16. The van der Waals surface area contributed by atoms with Gasteiger partial charge in [0.25, 0.3) is 0 Å². The van der Waals surface area contributed by atoms with E-state index in [0.717, 1.165) is 0 Å². The molecule has 0 aliphatic heterocycles. The van der Waals surface area contributed by atoms with E-state index in [2.05, 4.69) is 0 Å². The van der Waals surface area contributed by atoms with Gasteiger partial charge in [-0.2, -0.15) is 0 Å². The molecule has 0 saturated carbocycles. The second-order valence-electron chi connectivity index (χ2n) is 3.68. The average molecular weight is 229 g/mol. The molecule has 1 atom stereocenters. The Balaban J connectivity index is 2.76. The van der Waals surface area contributed by atoms with Crippen molar-refractivity contribution in [3.63, 3.8) is 0 Å². The zero-order chi connectivity index (χ0) is 11.4. The van der Waals surface area contributed by atoms with Crippen molar-refractivity contribution in [3.05, 3.63) is 35.4 Å². The molecule has 1 aromatic carbocycles. The van der Waals surface area contributed by atoms with Gasteiger partial charge in [-0.3, -0.25) is 0 Å². The van der Waals surface area contributed by atoms with Gasteiger partial charge in [0.05, 0.1) is 4.99 Å². The summed E-state index contributed by atoms with van der Waals surface area (Å²) in [5.74, 6) is -0.969. The van der Waals surface area contributed by atoms with Gasteiger partial charge in [0.15, 0.2) is 0 Å². The summed E-state index contributed by atoms with van der Waals surface area (Å²) in [7, 11) is 0. The Hall–Kier alpha value is -1.03. The molecular formula is C11H13F2NS. The molecule has 2 N–H and O–H groups in total. The first kappa shape index (κ1) is 12.0. The Morgan fingerprint density at radius 3 is 2.40 bits per heavy atom. The summed E-state index contributed by atoms with van der Waals surface area (Å²) in [6.45, 7) is 1.87. The molecule has 0 saturated heterocycles. The standard InChI is InChI=1S/C11H13F2NS/c1-7(6-11(14)15)5-8-9(12)3-2-4-10(8)13/h2-4,7H,5-6H2,1H3,(H2,14,15). The maximum absolute atomic E-state index is 13.2. The predicted octanol–water partition coefficient (Wildman–Crippen LogP) is 2.82. The molecule has 82 valence electrons. The summed E-state index contributed by atoms with van der Waals surface area (Å²) in [4.78, 5) is 0.374. The number of rotatable bonds is 4. The van der Waals surface area contributed by atoms with Crippen LogP contribution in [0.2, 0.25) is 0 Å². The van der Waals surface area contributed by atoms with Crippen LogP contribution >= 0.6 is 12.2 Å². The van der Waals surface area contributed by atoms with Crippen LogP contribution in [0.15, 0.2) is 18.2 Å². The van der Waals surface area contributed by atoms with Crippen LogP contribution < -0.4 is 5.73 Å². The minimum atomic E-state index is -0.509. The molecule has 1 rings (SSSR count). The number of hydrogen-bond donors (Lipinski definition) is 1. The summed E-state index contributed by atoms with van der Waals surface area (Å²) >= 11 is 4.74. The van der Waals surface area contributed by atoms with Gasteiger partial charge in [0.1, 0.15) is 11.6 Å². The van der Waals surface area contributed by atoms with E-state index < -0.39 is 11.6 Å². The maximum atomic E-state index is 13.2. The van der Waals surface area contributed by atoms with Crippen LogP contribution in [0.4, 0.5) is 8.78 Å². The van der Waals surface area contributed by atoms with Crippen molar-refractivity contribution < 1.29 is 8.78 Å². The van der Waals surface area contributed by atoms with E-state index in [1.165, 1.54) is 18.2 Å². The van der Waals surface area contributed by atoms with Crippen molar-refractivity contribution in [3.8, 4) is 0 Å². The molecule has 0 spiro atoms. The van der Waals surface area contributed by atoms with Gasteiger partial charge in [0.2, 0.25) is 0 Å². The Labute approximate surface area is 93.3 Å². The molecule has 0 aliphatic rings. The maximum Gasteiger partial charge on any atom is 0.129 e. The predicted molar refractivity (Wildman–Crippen MR) is 60.6 cm³/mol. The molecule has 0 amide bonds. The molecule has 1 aromatic rings. The van der Waals surface area contributed by atoms with Crippen molar-refractivity contribution in [1.82, 2.24) is 0 Å². The lowest BCUT2D eigenvalue weighted by Crippen LogP contribution is -2.15. The summed E-state index contributed by atoms with van der Waals surface area (Å²) in [5, 5.41) is 0. The SMILES string of the molecule is CC(CC(N)=S)Cc1c(F)cccc1F. The van der Waals surface area contributed by atoms with Gasteiger partial charge >= 0.3 is 0 Å². The lowest BCUT2D eigenvalue weighted by Gasteiger charge is -2.11. The monoisotopic (exact) mass is 229 g/mol. The van der Waals surface area contributed by atoms with Crippen molar-refractivity contribution in [2.24, 2.45) is 11.7 Å². The van der Waals surface area contributed by atoms with Gasteiger partial charge in [-0.1, -0.05) is 25.2 Å². The Bertz CT molecular complexity index is 345. The quantitative estimate of drug-likeness (QED) is 0.803. The minimum absolute atomic E-state index is 0.0499. The second kappa shape index (κ2) is 5.16. The highest BCUT2D eigenvalue weighted by atomic mass is 32.1. The molecule has 1 unspecified atom stereocenters. The van der Waals surface area contributed by atoms with Crippen LogP contribution in [0.5, 0.6) is 0 Å². The average Bonchev–Trinajstić information content (AvgIpc) is 2.10. The third-order valence-corrected chi connectivity index (χ3v) is 2.33. The normalized spacial score (nSPS) is 12.5. The highest BCUT2D eigenvalue weighted by molar-refractivity contribution is 7.80. The van der Waals surface area contributed by atoms with E-state index in [4.69, 9.17) is 18.0 Å². The molecule has 15 heavy (non-hydrogen) atoms. The van der Waals surface area contributed by atoms with Crippen LogP contribution in [-0.2, 0) is 6.42 Å². The molecule has 1 nitrogen and oxygen atoms in total. The van der Waals surface area contributed by atoms with E-state index in [1.807, 2.05) is 6.92 Å². The summed E-state index contributed by atoms with van der Waals surface area (Å²) in [6, 6.07) is 3.87. The van der Waals surface area contributed by atoms with Gasteiger partial charge in [-0.25, -0.2) is 8.78 Å². The van der Waals surface area contributed by atoms with E-state index in [9.17, 15) is 8.78 Å². The van der Waals surface area contributed by atoms with Crippen LogP contribution in [0.3, 0.4) is 0 Å². The zero-order valence-electron chi connectivity index (χ0n) is 8.47. The molecule has 0 heterocycles. The lowest BCUT2D eigenvalue weighted by atomic mass is 9.97. The van der Waals surface area contributed by atoms with Crippen molar-refractivity contribution in [1.29, 1.82) is 0 Å². The van der Waals surface area contributed by atoms with Gasteiger partial charge in [-0.15, -0.1) is 0 Å².